The Hall–Kier alpha value is -1.98. The third-order valence-electron chi connectivity index (χ3n) is 3.06. The molecular formula is C12H12F2N2O2. The minimum Gasteiger partial charge on any atom is -0.398 e. The maximum atomic E-state index is 13.6. The maximum Gasteiger partial charge on any atom is 0.352 e. The summed E-state index contributed by atoms with van der Waals surface area (Å²) in [6.45, 7) is 1.65. The maximum absolute atomic E-state index is 13.6. The molecule has 4 nitrogen and oxygen atoms in total. The number of hydrogen-bond donors (Lipinski definition) is 1. The van der Waals surface area contributed by atoms with Crippen molar-refractivity contribution in [2.45, 2.75) is 19.3 Å². The molecule has 0 saturated carbocycles. The molecule has 0 atom stereocenters. The summed E-state index contributed by atoms with van der Waals surface area (Å²) < 4.78 is 27.3. The van der Waals surface area contributed by atoms with E-state index in [0.717, 1.165) is 11.0 Å². The minimum absolute atomic E-state index is 0.0247. The molecule has 2 rings (SSSR count). The van der Waals surface area contributed by atoms with E-state index < -0.39 is 17.4 Å². The Bertz CT molecular complexity index is 555. The number of rotatable bonds is 2. The molecule has 0 spiro atoms. The molecule has 0 aromatic heterocycles. The van der Waals surface area contributed by atoms with Crippen LogP contribution in [0.1, 0.15) is 29.3 Å². The van der Waals surface area contributed by atoms with Gasteiger partial charge in [0.15, 0.2) is 5.78 Å². The second-order valence-corrected chi connectivity index (χ2v) is 4.17. The van der Waals surface area contributed by atoms with Crippen molar-refractivity contribution in [2.75, 3.05) is 17.7 Å². The topological polar surface area (TPSA) is 63.4 Å². The normalized spacial score (nSPS) is 16.9. The van der Waals surface area contributed by atoms with Gasteiger partial charge in [-0.15, -0.1) is 0 Å². The van der Waals surface area contributed by atoms with E-state index in [-0.39, 0.29) is 29.1 Å². The number of halogens is 2. The number of fused-ring (bicyclic) bond motifs is 1. The average molecular weight is 254 g/mol. The molecule has 2 N–H and O–H groups in total. The second kappa shape index (κ2) is 3.76. The van der Waals surface area contributed by atoms with Crippen molar-refractivity contribution >= 4 is 23.1 Å². The number of ketones is 1. The summed E-state index contributed by atoms with van der Waals surface area (Å²) in [6.07, 6.45) is 0.219. The Morgan fingerprint density at radius 1 is 1.44 bits per heavy atom. The van der Waals surface area contributed by atoms with Crippen LogP contribution in [0, 0.1) is 0 Å². The number of carbonyl (C=O) groups is 2. The number of carbonyl (C=O) groups excluding carboxylic acids is 2. The van der Waals surface area contributed by atoms with Crippen molar-refractivity contribution in [3.05, 3.63) is 23.3 Å². The first-order valence-corrected chi connectivity index (χ1v) is 5.43. The second-order valence-electron chi connectivity index (χ2n) is 4.17. The van der Waals surface area contributed by atoms with E-state index in [1.165, 1.54) is 13.1 Å². The van der Waals surface area contributed by atoms with Gasteiger partial charge in [0.1, 0.15) is 0 Å². The number of Topliss-reactive ketones (excluding diaryl/α,β-unsaturated/α-hetero) is 1. The Morgan fingerprint density at radius 3 is 2.61 bits per heavy atom. The summed E-state index contributed by atoms with van der Waals surface area (Å²) in [6, 6.07) is 2.27. The van der Waals surface area contributed by atoms with Gasteiger partial charge < -0.3 is 10.6 Å². The Kier molecular flexibility index (Phi) is 2.61. The molecule has 1 aliphatic rings. The number of nitrogen functional groups attached to an aromatic ring is 1. The Morgan fingerprint density at radius 2 is 2.06 bits per heavy atom. The summed E-state index contributed by atoms with van der Waals surface area (Å²) in [5.41, 5.74) is 5.34. The lowest BCUT2D eigenvalue weighted by Gasteiger charge is -2.11. The van der Waals surface area contributed by atoms with E-state index >= 15 is 0 Å². The first-order valence-electron chi connectivity index (χ1n) is 5.43. The van der Waals surface area contributed by atoms with Gasteiger partial charge in [-0.25, -0.2) is 0 Å². The molecule has 0 unspecified atom stereocenters. The summed E-state index contributed by atoms with van der Waals surface area (Å²) in [5, 5.41) is 0. The van der Waals surface area contributed by atoms with Gasteiger partial charge >= 0.3 is 11.8 Å². The van der Waals surface area contributed by atoms with Crippen molar-refractivity contribution in [1.82, 2.24) is 0 Å². The zero-order chi connectivity index (χ0) is 13.7. The number of anilines is 2. The summed E-state index contributed by atoms with van der Waals surface area (Å²) in [5.74, 6) is -5.13. The summed E-state index contributed by atoms with van der Waals surface area (Å²) in [7, 11) is 1.25. The number of likely N-dealkylation sites (N-methyl/N-ethyl adjacent to an activating group) is 1. The van der Waals surface area contributed by atoms with Crippen LogP contribution in [0.3, 0.4) is 0 Å². The third kappa shape index (κ3) is 1.48. The predicted molar refractivity (Wildman–Crippen MR) is 62.8 cm³/mol. The fraction of sp³-hybridized carbons (Fsp3) is 0.333. The first kappa shape index (κ1) is 12.5. The summed E-state index contributed by atoms with van der Waals surface area (Å²) >= 11 is 0. The number of amides is 1. The molecule has 1 aromatic rings. The molecule has 6 heteroatoms. The molecule has 0 bridgehead atoms. The molecule has 1 aromatic carbocycles. The fourth-order valence-electron chi connectivity index (χ4n) is 2.00. The van der Waals surface area contributed by atoms with Gasteiger partial charge in [0.05, 0.1) is 11.3 Å². The van der Waals surface area contributed by atoms with Crippen LogP contribution in [0.4, 0.5) is 20.2 Å². The molecule has 0 aliphatic carbocycles. The number of alkyl halides is 2. The highest BCUT2D eigenvalue weighted by Gasteiger charge is 2.52. The molecule has 96 valence electrons. The van der Waals surface area contributed by atoms with Crippen LogP contribution >= 0.6 is 0 Å². The van der Waals surface area contributed by atoms with Crippen LogP contribution in [-0.2, 0) is 10.7 Å². The average Bonchev–Trinajstić information content (AvgIpc) is 2.49. The predicted octanol–water partition coefficient (Wildman–Crippen LogP) is 1.93. The lowest BCUT2D eigenvalue weighted by atomic mass is 10.0. The lowest BCUT2D eigenvalue weighted by molar-refractivity contribution is -0.141. The van der Waals surface area contributed by atoms with Crippen molar-refractivity contribution in [1.29, 1.82) is 0 Å². The van der Waals surface area contributed by atoms with Crippen LogP contribution in [0.5, 0.6) is 0 Å². The lowest BCUT2D eigenvalue weighted by Crippen LogP contribution is -2.31. The molecule has 0 radical (unpaired) electrons. The van der Waals surface area contributed by atoms with E-state index in [9.17, 15) is 18.4 Å². The van der Waals surface area contributed by atoms with Crippen molar-refractivity contribution in [2.24, 2.45) is 0 Å². The Labute approximate surface area is 102 Å². The Balaban J connectivity index is 2.66. The largest absolute Gasteiger partial charge is 0.398 e. The van der Waals surface area contributed by atoms with Gasteiger partial charge in [-0.2, -0.15) is 8.78 Å². The van der Waals surface area contributed by atoms with Gasteiger partial charge in [-0.1, -0.05) is 6.92 Å². The molecule has 0 fully saturated rings. The number of hydrogen-bond acceptors (Lipinski definition) is 3. The molecule has 1 aliphatic heterocycles. The zero-order valence-electron chi connectivity index (χ0n) is 9.96. The van der Waals surface area contributed by atoms with Crippen molar-refractivity contribution < 1.29 is 18.4 Å². The van der Waals surface area contributed by atoms with Gasteiger partial charge in [-0.3, -0.25) is 9.59 Å². The van der Waals surface area contributed by atoms with Gasteiger partial charge in [0, 0.05) is 24.7 Å². The monoisotopic (exact) mass is 254 g/mol. The van der Waals surface area contributed by atoms with E-state index in [4.69, 9.17) is 5.73 Å². The van der Waals surface area contributed by atoms with Gasteiger partial charge in [0.25, 0.3) is 0 Å². The number of benzene rings is 1. The van der Waals surface area contributed by atoms with Crippen LogP contribution in [0.2, 0.25) is 0 Å². The number of nitrogens with two attached hydrogens (primary N) is 1. The highest BCUT2D eigenvalue weighted by molar-refractivity contribution is 6.09. The minimum atomic E-state index is -3.58. The third-order valence-corrected chi connectivity index (χ3v) is 3.06. The van der Waals surface area contributed by atoms with Crippen molar-refractivity contribution in [3.8, 4) is 0 Å². The number of nitrogens with zero attached hydrogens (tertiary/aromatic N) is 1. The standard InChI is InChI=1S/C12H12F2N2O2/c1-3-10(17)6-4-9-7(5-8(6)15)12(13,14)11(18)16(9)2/h4-5H,3,15H2,1-2H3. The molecule has 18 heavy (non-hydrogen) atoms. The van der Waals surface area contributed by atoms with E-state index in [0.29, 0.717) is 0 Å². The highest BCUT2D eigenvalue weighted by Crippen LogP contribution is 2.45. The van der Waals surface area contributed by atoms with Crippen LogP contribution in [0.25, 0.3) is 0 Å². The van der Waals surface area contributed by atoms with E-state index in [2.05, 4.69) is 0 Å². The summed E-state index contributed by atoms with van der Waals surface area (Å²) in [4.78, 5) is 23.9. The molecule has 1 heterocycles. The van der Waals surface area contributed by atoms with Gasteiger partial charge in [-0.05, 0) is 12.1 Å². The molecule has 1 amide bonds. The van der Waals surface area contributed by atoms with Crippen LogP contribution in [-0.4, -0.2) is 18.7 Å². The smallest absolute Gasteiger partial charge is 0.352 e. The molecular weight excluding hydrogens is 242 g/mol. The molecule has 0 saturated heterocycles. The van der Waals surface area contributed by atoms with Gasteiger partial charge in [0.2, 0.25) is 0 Å². The van der Waals surface area contributed by atoms with Crippen LogP contribution < -0.4 is 10.6 Å². The van der Waals surface area contributed by atoms with Crippen molar-refractivity contribution in [3.63, 3.8) is 0 Å². The quantitative estimate of drug-likeness (QED) is 0.648. The highest BCUT2D eigenvalue weighted by atomic mass is 19.3. The zero-order valence-corrected chi connectivity index (χ0v) is 9.96. The van der Waals surface area contributed by atoms with E-state index in [1.54, 1.807) is 6.92 Å². The SMILES string of the molecule is CCC(=O)c1cc2c(cc1N)C(F)(F)C(=O)N2C. The van der Waals surface area contributed by atoms with Crippen LogP contribution in [0.15, 0.2) is 12.1 Å². The fourth-order valence-corrected chi connectivity index (χ4v) is 2.00. The first-order chi connectivity index (χ1) is 8.30. The van der Waals surface area contributed by atoms with E-state index in [1.807, 2.05) is 0 Å².